The first-order chi connectivity index (χ1) is 11.4. The van der Waals surface area contributed by atoms with E-state index in [0.717, 1.165) is 0 Å². The fraction of sp³-hybridized carbons (Fsp3) is 0.316. The molecule has 1 aromatic heterocycles. The summed E-state index contributed by atoms with van der Waals surface area (Å²) in [6, 6.07) is 5.85. The van der Waals surface area contributed by atoms with Crippen molar-refractivity contribution in [2.45, 2.75) is 38.9 Å². The minimum Gasteiger partial charge on any atom is -0.398 e. The van der Waals surface area contributed by atoms with Gasteiger partial charge in [-0.05, 0) is 58.0 Å². The molecule has 0 unspecified atom stereocenters. The first kappa shape index (κ1) is 18.9. The number of rotatable bonds is 4. The molecule has 5 nitrogen and oxygen atoms in total. The zero-order chi connectivity index (χ0) is 19.0. The number of pyridine rings is 1. The standard InChI is InChI=1S/C19H24FN3O2/c1-18(2,24)14-10-12(20)9-11(16(14)22)5-6-13-7-8-15(21)17(23-13)19(3,4)25/h5-10,24-25H,21-22H2,1-4H3/b6-5+. The zero-order valence-electron chi connectivity index (χ0n) is 14.8. The van der Waals surface area contributed by atoms with Crippen LogP contribution >= 0.6 is 0 Å². The first-order valence-electron chi connectivity index (χ1n) is 7.89. The van der Waals surface area contributed by atoms with Crippen molar-refractivity contribution in [3.05, 3.63) is 52.6 Å². The Morgan fingerprint density at radius 2 is 1.64 bits per heavy atom. The number of nitrogens with two attached hydrogens (primary N) is 2. The van der Waals surface area contributed by atoms with Gasteiger partial charge in [0.25, 0.3) is 0 Å². The molecule has 0 atom stereocenters. The van der Waals surface area contributed by atoms with Crippen LogP contribution in [0.5, 0.6) is 0 Å². The molecule has 2 aromatic rings. The Kier molecular flexibility index (Phi) is 4.88. The largest absolute Gasteiger partial charge is 0.398 e. The van der Waals surface area contributed by atoms with Gasteiger partial charge >= 0.3 is 0 Å². The van der Waals surface area contributed by atoms with Crippen LogP contribution in [0, 0.1) is 5.82 Å². The highest BCUT2D eigenvalue weighted by molar-refractivity contribution is 5.77. The number of hydrogen-bond acceptors (Lipinski definition) is 5. The molecule has 0 saturated carbocycles. The molecule has 25 heavy (non-hydrogen) atoms. The summed E-state index contributed by atoms with van der Waals surface area (Å²) in [5.74, 6) is -0.492. The van der Waals surface area contributed by atoms with E-state index < -0.39 is 17.0 Å². The highest BCUT2D eigenvalue weighted by Crippen LogP contribution is 2.31. The lowest BCUT2D eigenvalue weighted by molar-refractivity contribution is 0.0746. The van der Waals surface area contributed by atoms with E-state index >= 15 is 0 Å². The zero-order valence-corrected chi connectivity index (χ0v) is 14.8. The Morgan fingerprint density at radius 3 is 2.20 bits per heavy atom. The van der Waals surface area contributed by atoms with Crippen LogP contribution in [0.25, 0.3) is 12.2 Å². The Labute approximate surface area is 146 Å². The Morgan fingerprint density at radius 1 is 1.00 bits per heavy atom. The Bertz CT molecular complexity index is 819. The van der Waals surface area contributed by atoms with Gasteiger partial charge in [-0.15, -0.1) is 0 Å². The van der Waals surface area contributed by atoms with Gasteiger partial charge in [-0.1, -0.05) is 6.08 Å². The van der Waals surface area contributed by atoms with Crippen molar-refractivity contribution in [3.8, 4) is 0 Å². The number of halogens is 1. The number of nitrogens with zero attached hydrogens (tertiary/aromatic N) is 1. The molecular formula is C19H24FN3O2. The number of anilines is 2. The second kappa shape index (κ2) is 6.46. The minimum absolute atomic E-state index is 0.295. The molecule has 1 heterocycles. The molecule has 6 heteroatoms. The summed E-state index contributed by atoms with van der Waals surface area (Å²) in [7, 11) is 0. The van der Waals surface area contributed by atoms with Gasteiger partial charge in [0.15, 0.2) is 0 Å². The molecule has 0 amide bonds. The molecule has 0 aliphatic rings. The minimum atomic E-state index is -1.26. The summed E-state index contributed by atoms with van der Waals surface area (Å²) in [4.78, 5) is 4.34. The number of aliphatic hydroxyl groups is 2. The summed E-state index contributed by atoms with van der Waals surface area (Å²) in [5, 5.41) is 20.3. The number of nitrogen functional groups attached to an aromatic ring is 2. The van der Waals surface area contributed by atoms with Gasteiger partial charge in [0.2, 0.25) is 0 Å². The lowest BCUT2D eigenvalue weighted by Crippen LogP contribution is -2.20. The Hall–Kier alpha value is -2.44. The first-order valence-corrected chi connectivity index (χ1v) is 7.89. The van der Waals surface area contributed by atoms with Crippen LogP contribution in [0.2, 0.25) is 0 Å². The summed E-state index contributed by atoms with van der Waals surface area (Å²) >= 11 is 0. The number of benzene rings is 1. The second-order valence-corrected chi connectivity index (χ2v) is 7.08. The highest BCUT2D eigenvalue weighted by Gasteiger charge is 2.22. The quantitative estimate of drug-likeness (QED) is 0.638. The van der Waals surface area contributed by atoms with Gasteiger partial charge in [-0.2, -0.15) is 0 Å². The predicted octanol–water partition coefficient (Wildman–Crippen LogP) is 3.01. The molecule has 0 aliphatic carbocycles. The van der Waals surface area contributed by atoms with Crippen LogP contribution in [-0.4, -0.2) is 15.2 Å². The van der Waals surface area contributed by atoms with E-state index in [1.165, 1.54) is 12.1 Å². The smallest absolute Gasteiger partial charge is 0.124 e. The maximum atomic E-state index is 13.9. The summed E-state index contributed by atoms with van der Waals surface area (Å²) in [6.07, 6.45) is 3.26. The molecule has 1 aromatic carbocycles. The van der Waals surface area contributed by atoms with Crippen molar-refractivity contribution in [1.29, 1.82) is 0 Å². The van der Waals surface area contributed by atoms with Crippen molar-refractivity contribution in [2.24, 2.45) is 0 Å². The van der Waals surface area contributed by atoms with Crippen LogP contribution in [-0.2, 0) is 11.2 Å². The lowest BCUT2D eigenvalue weighted by Gasteiger charge is -2.21. The van der Waals surface area contributed by atoms with Crippen LogP contribution in [0.4, 0.5) is 15.8 Å². The molecule has 6 N–H and O–H groups in total. The second-order valence-electron chi connectivity index (χ2n) is 7.08. The number of aromatic nitrogens is 1. The van der Waals surface area contributed by atoms with E-state index in [9.17, 15) is 14.6 Å². The van der Waals surface area contributed by atoms with Gasteiger partial charge in [-0.3, -0.25) is 0 Å². The molecule has 0 saturated heterocycles. The third-order valence-corrected chi connectivity index (χ3v) is 3.80. The molecule has 0 radical (unpaired) electrons. The van der Waals surface area contributed by atoms with E-state index in [1.54, 1.807) is 52.0 Å². The third kappa shape index (κ3) is 4.35. The average Bonchev–Trinajstić information content (AvgIpc) is 2.46. The highest BCUT2D eigenvalue weighted by atomic mass is 19.1. The van der Waals surface area contributed by atoms with Crippen molar-refractivity contribution < 1.29 is 14.6 Å². The number of hydrogen-bond donors (Lipinski definition) is 4. The van der Waals surface area contributed by atoms with E-state index in [-0.39, 0.29) is 0 Å². The Balaban J connectivity index is 2.46. The van der Waals surface area contributed by atoms with Crippen molar-refractivity contribution in [3.63, 3.8) is 0 Å². The van der Waals surface area contributed by atoms with Gasteiger partial charge in [0.05, 0.1) is 22.7 Å². The maximum absolute atomic E-state index is 13.9. The normalized spacial score (nSPS) is 12.8. The molecule has 0 bridgehead atoms. The van der Waals surface area contributed by atoms with Crippen LogP contribution in [0.3, 0.4) is 0 Å². The van der Waals surface area contributed by atoms with Crippen molar-refractivity contribution in [1.82, 2.24) is 4.98 Å². The fourth-order valence-corrected chi connectivity index (χ4v) is 2.53. The average molecular weight is 345 g/mol. The van der Waals surface area contributed by atoms with Gasteiger partial charge < -0.3 is 21.7 Å². The molecular weight excluding hydrogens is 321 g/mol. The summed E-state index contributed by atoms with van der Waals surface area (Å²) in [5.41, 5.74) is 11.8. The molecule has 2 rings (SSSR count). The molecule has 134 valence electrons. The summed E-state index contributed by atoms with van der Waals surface area (Å²) < 4.78 is 13.9. The van der Waals surface area contributed by atoms with E-state index in [1.807, 2.05) is 0 Å². The van der Waals surface area contributed by atoms with Crippen LogP contribution in [0.1, 0.15) is 50.2 Å². The van der Waals surface area contributed by atoms with Crippen molar-refractivity contribution in [2.75, 3.05) is 11.5 Å². The fourth-order valence-electron chi connectivity index (χ4n) is 2.53. The van der Waals surface area contributed by atoms with Gasteiger partial charge in [0, 0.05) is 16.8 Å². The van der Waals surface area contributed by atoms with E-state index in [0.29, 0.717) is 33.9 Å². The van der Waals surface area contributed by atoms with Crippen LogP contribution < -0.4 is 11.5 Å². The predicted molar refractivity (Wildman–Crippen MR) is 98.9 cm³/mol. The third-order valence-electron chi connectivity index (χ3n) is 3.80. The van der Waals surface area contributed by atoms with Crippen molar-refractivity contribution >= 4 is 23.5 Å². The SMILES string of the molecule is CC(C)(O)c1cc(F)cc(/C=C/c2ccc(N)c(C(C)(C)O)n2)c1N. The van der Waals surface area contributed by atoms with Gasteiger partial charge in [-0.25, -0.2) is 9.37 Å². The molecule has 0 spiro atoms. The van der Waals surface area contributed by atoms with E-state index in [4.69, 9.17) is 11.5 Å². The van der Waals surface area contributed by atoms with E-state index in [2.05, 4.69) is 4.98 Å². The maximum Gasteiger partial charge on any atom is 0.124 e. The molecule has 0 fully saturated rings. The molecule has 0 aliphatic heterocycles. The lowest BCUT2D eigenvalue weighted by atomic mass is 9.93. The van der Waals surface area contributed by atoms with Gasteiger partial charge in [0.1, 0.15) is 11.4 Å². The van der Waals surface area contributed by atoms with Crippen LogP contribution in [0.15, 0.2) is 24.3 Å². The topological polar surface area (TPSA) is 105 Å². The monoisotopic (exact) mass is 345 g/mol. The summed E-state index contributed by atoms with van der Waals surface area (Å²) in [6.45, 7) is 6.28.